The Kier molecular flexibility index (Phi) is 4.66. The highest BCUT2D eigenvalue weighted by Crippen LogP contribution is 2.21. The lowest BCUT2D eigenvalue weighted by Crippen LogP contribution is -2.14. The number of hydrogen-bond acceptors (Lipinski definition) is 5. The highest BCUT2D eigenvalue weighted by atomic mass is 16.4. The highest BCUT2D eigenvalue weighted by Gasteiger charge is 2.12. The van der Waals surface area contributed by atoms with Gasteiger partial charge in [0.1, 0.15) is 0 Å². The third-order valence-corrected chi connectivity index (χ3v) is 4.44. The molecule has 0 aliphatic heterocycles. The number of aromatic carboxylic acids is 1. The lowest BCUT2D eigenvalue weighted by atomic mass is 10.0. The van der Waals surface area contributed by atoms with E-state index in [9.17, 15) is 14.4 Å². The zero-order valence-corrected chi connectivity index (χ0v) is 15.0. The van der Waals surface area contributed by atoms with E-state index in [2.05, 4.69) is 15.5 Å². The van der Waals surface area contributed by atoms with Crippen molar-refractivity contribution < 1.29 is 19.1 Å². The number of H-pyrrole nitrogens is 1. The van der Waals surface area contributed by atoms with Crippen molar-refractivity contribution in [1.29, 1.82) is 0 Å². The van der Waals surface area contributed by atoms with Crippen LogP contribution in [0.2, 0.25) is 0 Å². The maximum absolute atomic E-state index is 12.3. The maximum atomic E-state index is 12.3. The number of nitrogens with zero attached hydrogens (tertiary/aromatic N) is 1. The first-order chi connectivity index (χ1) is 14.0. The van der Waals surface area contributed by atoms with Gasteiger partial charge in [-0.3, -0.25) is 9.59 Å². The number of carboxylic acids is 1. The van der Waals surface area contributed by atoms with Crippen LogP contribution in [0.4, 0.5) is 5.69 Å². The Labute approximate surface area is 163 Å². The van der Waals surface area contributed by atoms with Gasteiger partial charge in [0.15, 0.2) is 5.76 Å². The largest absolute Gasteiger partial charge is 0.478 e. The van der Waals surface area contributed by atoms with Crippen LogP contribution in [0.15, 0.2) is 70.1 Å². The van der Waals surface area contributed by atoms with E-state index in [-0.39, 0.29) is 16.9 Å². The number of aromatic amines is 1. The zero-order valence-electron chi connectivity index (χ0n) is 15.0. The molecule has 0 unspecified atom stereocenters. The van der Waals surface area contributed by atoms with E-state index in [0.29, 0.717) is 28.6 Å². The maximum Gasteiger partial charge on any atom is 0.335 e. The summed E-state index contributed by atoms with van der Waals surface area (Å²) in [6.45, 7) is 0. The zero-order chi connectivity index (χ0) is 20.4. The van der Waals surface area contributed by atoms with E-state index in [1.165, 1.54) is 18.4 Å². The molecular formula is C21H15N3O5. The smallest absolute Gasteiger partial charge is 0.335 e. The Morgan fingerprint density at radius 2 is 1.86 bits per heavy atom. The lowest BCUT2D eigenvalue weighted by Gasteiger charge is -2.08. The number of rotatable bonds is 5. The molecule has 2 aromatic carbocycles. The van der Waals surface area contributed by atoms with E-state index in [1.54, 1.807) is 42.5 Å². The minimum atomic E-state index is -0.992. The number of anilines is 1. The van der Waals surface area contributed by atoms with Gasteiger partial charge in [0.2, 0.25) is 0 Å². The predicted octanol–water partition coefficient (Wildman–Crippen LogP) is 3.06. The van der Waals surface area contributed by atoms with E-state index in [4.69, 9.17) is 9.52 Å². The third-order valence-electron chi connectivity index (χ3n) is 4.44. The van der Waals surface area contributed by atoms with Gasteiger partial charge in [-0.2, -0.15) is 5.10 Å². The molecule has 8 nitrogen and oxygen atoms in total. The van der Waals surface area contributed by atoms with Gasteiger partial charge < -0.3 is 14.8 Å². The van der Waals surface area contributed by atoms with Gasteiger partial charge in [-0.15, -0.1) is 0 Å². The van der Waals surface area contributed by atoms with Crippen molar-refractivity contribution in [1.82, 2.24) is 10.2 Å². The van der Waals surface area contributed by atoms with E-state index < -0.39 is 11.9 Å². The molecule has 0 atom stereocenters. The summed E-state index contributed by atoms with van der Waals surface area (Å²) < 4.78 is 5.06. The van der Waals surface area contributed by atoms with Crippen LogP contribution >= 0.6 is 0 Å². The summed E-state index contributed by atoms with van der Waals surface area (Å²) in [7, 11) is 0. The molecule has 144 valence electrons. The van der Waals surface area contributed by atoms with Crippen molar-refractivity contribution in [2.75, 3.05) is 5.32 Å². The molecule has 1 amide bonds. The van der Waals surface area contributed by atoms with Gasteiger partial charge in [-0.1, -0.05) is 18.2 Å². The number of carboxylic acid groups (broad SMARTS) is 1. The average Bonchev–Trinajstić information content (AvgIpc) is 3.26. The molecule has 0 fully saturated rings. The van der Waals surface area contributed by atoms with Crippen molar-refractivity contribution in [2.45, 2.75) is 6.42 Å². The SMILES string of the molecule is O=C(O)c1ccc(Cc2n[nH]c(=O)c3cc(NC(=O)c4ccco4)ccc23)cc1. The molecule has 0 bridgehead atoms. The number of hydrogen-bond donors (Lipinski definition) is 3. The van der Waals surface area contributed by atoms with Crippen LogP contribution in [0.5, 0.6) is 0 Å². The van der Waals surface area contributed by atoms with Crippen LogP contribution in [0.25, 0.3) is 10.8 Å². The number of carbonyl (C=O) groups excluding carboxylic acids is 1. The van der Waals surface area contributed by atoms with Crippen LogP contribution in [0.1, 0.15) is 32.2 Å². The lowest BCUT2D eigenvalue weighted by molar-refractivity contribution is 0.0696. The molecule has 0 aliphatic carbocycles. The van der Waals surface area contributed by atoms with Crippen molar-refractivity contribution in [3.8, 4) is 0 Å². The second-order valence-corrected chi connectivity index (χ2v) is 6.37. The molecule has 4 rings (SSSR count). The third kappa shape index (κ3) is 3.77. The standard InChI is InChI=1S/C21H15N3O5/c25-19-16-11-14(22-20(26)18-2-1-9-29-18)7-8-15(16)17(23-24-19)10-12-3-5-13(6-4-12)21(27)28/h1-9,11H,10H2,(H,22,26)(H,24,25)(H,27,28). The molecule has 8 heteroatoms. The number of furan rings is 1. The van der Waals surface area contributed by atoms with Crippen LogP contribution < -0.4 is 10.9 Å². The van der Waals surface area contributed by atoms with Crippen molar-refractivity contribution in [3.63, 3.8) is 0 Å². The number of carbonyl (C=O) groups is 2. The first-order valence-electron chi connectivity index (χ1n) is 8.69. The number of benzene rings is 2. The molecule has 4 aromatic rings. The van der Waals surface area contributed by atoms with E-state index in [1.807, 2.05) is 0 Å². The summed E-state index contributed by atoms with van der Waals surface area (Å²) in [6.07, 6.45) is 1.81. The molecule has 0 aliphatic rings. The fraction of sp³-hybridized carbons (Fsp3) is 0.0476. The first-order valence-corrected chi connectivity index (χ1v) is 8.69. The Morgan fingerprint density at radius 1 is 1.07 bits per heavy atom. The number of nitrogens with one attached hydrogen (secondary N) is 2. The van der Waals surface area contributed by atoms with Crippen molar-refractivity contribution in [3.05, 3.63) is 93.8 Å². The summed E-state index contributed by atoms with van der Waals surface area (Å²) in [5.74, 6) is -1.24. The Bertz CT molecular complexity index is 1260. The quantitative estimate of drug-likeness (QED) is 0.482. The molecule has 2 heterocycles. The van der Waals surface area contributed by atoms with Gasteiger partial charge in [-0.25, -0.2) is 9.89 Å². The topological polar surface area (TPSA) is 125 Å². The second kappa shape index (κ2) is 7.43. The Hall–Kier alpha value is -4.20. The Balaban J connectivity index is 1.64. The molecule has 3 N–H and O–H groups in total. The molecule has 0 saturated carbocycles. The van der Waals surface area contributed by atoms with Gasteiger partial charge in [0, 0.05) is 17.5 Å². The molecular weight excluding hydrogens is 374 g/mol. The fourth-order valence-electron chi connectivity index (χ4n) is 2.99. The number of fused-ring (bicyclic) bond motifs is 1. The first kappa shape index (κ1) is 18.2. The second-order valence-electron chi connectivity index (χ2n) is 6.37. The van der Waals surface area contributed by atoms with Crippen LogP contribution in [0.3, 0.4) is 0 Å². The minimum absolute atomic E-state index is 0.166. The predicted molar refractivity (Wildman–Crippen MR) is 105 cm³/mol. The Morgan fingerprint density at radius 3 is 2.55 bits per heavy atom. The van der Waals surface area contributed by atoms with Gasteiger partial charge in [-0.05, 0) is 42.0 Å². The summed E-state index contributed by atoms with van der Waals surface area (Å²) in [5, 5.41) is 19.3. The molecule has 0 spiro atoms. The summed E-state index contributed by atoms with van der Waals surface area (Å²) in [5.41, 5.74) is 1.76. The van der Waals surface area contributed by atoms with Crippen LogP contribution in [0, 0.1) is 0 Å². The molecule has 0 saturated heterocycles. The summed E-state index contributed by atoms with van der Waals surface area (Å²) in [6, 6.07) is 14.6. The van der Waals surface area contributed by atoms with E-state index in [0.717, 1.165) is 5.56 Å². The average molecular weight is 389 g/mol. The van der Waals surface area contributed by atoms with Crippen molar-refractivity contribution >= 4 is 28.3 Å². The fourth-order valence-corrected chi connectivity index (χ4v) is 2.99. The molecule has 2 aromatic heterocycles. The van der Waals surface area contributed by atoms with Gasteiger partial charge in [0.05, 0.1) is 22.9 Å². The molecule has 29 heavy (non-hydrogen) atoms. The number of aromatic nitrogens is 2. The highest BCUT2D eigenvalue weighted by molar-refractivity contribution is 6.03. The number of amides is 1. The monoisotopic (exact) mass is 389 g/mol. The van der Waals surface area contributed by atoms with E-state index >= 15 is 0 Å². The van der Waals surface area contributed by atoms with Gasteiger partial charge in [0.25, 0.3) is 11.5 Å². The van der Waals surface area contributed by atoms with Crippen LogP contribution in [-0.4, -0.2) is 27.2 Å². The summed E-state index contributed by atoms with van der Waals surface area (Å²) >= 11 is 0. The summed E-state index contributed by atoms with van der Waals surface area (Å²) in [4.78, 5) is 35.4. The van der Waals surface area contributed by atoms with Crippen LogP contribution in [-0.2, 0) is 6.42 Å². The van der Waals surface area contributed by atoms with Gasteiger partial charge >= 0.3 is 5.97 Å². The van der Waals surface area contributed by atoms with Crippen molar-refractivity contribution in [2.24, 2.45) is 0 Å². The minimum Gasteiger partial charge on any atom is -0.478 e. The molecule has 0 radical (unpaired) electrons. The normalized spacial score (nSPS) is 10.8.